The summed E-state index contributed by atoms with van der Waals surface area (Å²) >= 11 is 0. The number of amidine groups is 1. The van der Waals surface area contributed by atoms with Crippen LogP contribution >= 0.6 is 0 Å². The number of benzene rings is 2. The number of carbonyl (C=O) groups excluding carboxylic acids is 1. The molecular formula is C23H25N7O. The predicted octanol–water partition coefficient (Wildman–Crippen LogP) is 2.01. The zero-order valence-electron chi connectivity index (χ0n) is 17.5. The lowest BCUT2D eigenvalue weighted by atomic mass is 10.1. The Hall–Kier alpha value is -3.78. The number of hydrogen-bond donors (Lipinski definition) is 4. The van der Waals surface area contributed by atoms with Crippen LogP contribution in [0.2, 0.25) is 0 Å². The zero-order valence-corrected chi connectivity index (χ0v) is 17.5. The molecule has 1 aromatic heterocycles. The van der Waals surface area contributed by atoms with Crippen molar-refractivity contribution in [1.82, 2.24) is 15.3 Å². The summed E-state index contributed by atoms with van der Waals surface area (Å²) < 4.78 is 0. The van der Waals surface area contributed by atoms with E-state index in [9.17, 15) is 4.79 Å². The Bertz CT molecular complexity index is 1220. The summed E-state index contributed by atoms with van der Waals surface area (Å²) in [5.74, 6) is 1.57. The molecule has 0 saturated carbocycles. The zero-order chi connectivity index (χ0) is 22.0. The normalized spacial score (nSPS) is 16.7. The summed E-state index contributed by atoms with van der Waals surface area (Å²) in [5, 5.41) is 6.95. The number of nitrogens with two attached hydrogens (primary N) is 2. The number of rotatable bonds is 5. The minimum absolute atomic E-state index is 0.239. The maximum absolute atomic E-state index is 11.8. The van der Waals surface area contributed by atoms with Crippen LogP contribution in [0.25, 0.3) is 16.6 Å². The largest absolute Gasteiger partial charge is 0.398 e. The molecule has 4 rings (SSSR count). The second kappa shape index (κ2) is 8.53. The van der Waals surface area contributed by atoms with Gasteiger partial charge in [-0.2, -0.15) is 0 Å². The molecule has 0 radical (unpaired) electrons. The number of nitrogens with one attached hydrogen (secondary N) is 2. The van der Waals surface area contributed by atoms with E-state index in [2.05, 4.69) is 50.7 Å². The van der Waals surface area contributed by atoms with Gasteiger partial charge >= 0.3 is 0 Å². The van der Waals surface area contributed by atoms with E-state index in [1.165, 1.54) is 11.1 Å². The summed E-state index contributed by atoms with van der Waals surface area (Å²) in [7, 11) is 0. The molecule has 1 aliphatic rings. The van der Waals surface area contributed by atoms with Crippen molar-refractivity contribution in [2.24, 2.45) is 16.5 Å². The molecule has 6 N–H and O–H groups in total. The number of hydrogen-bond acceptors (Lipinski definition) is 7. The van der Waals surface area contributed by atoms with Crippen LogP contribution in [0.3, 0.4) is 0 Å². The molecule has 0 fully saturated rings. The van der Waals surface area contributed by atoms with Gasteiger partial charge in [0.1, 0.15) is 23.5 Å². The van der Waals surface area contributed by atoms with Gasteiger partial charge in [-0.1, -0.05) is 35.9 Å². The second-order valence-electron chi connectivity index (χ2n) is 7.62. The summed E-state index contributed by atoms with van der Waals surface area (Å²) in [6.45, 7) is 4.82. The highest BCUT2D eigenvalue weighted by Gasteiger charge is 2.19. The average Bonchev–Trinajstić information content (AvgIpc) is 2.74. The van der Waals surface area contributed by atoms with E-state index in [0.29, 0.717) is 23.9 Å². The fraction of sp³-hybridized carbons (Fsp3) is 0.217. The molecule has 8 heteroatoms. The summed E-state index contributed by atoms with van der Waals surface area (Å²) in [6, 6.07) is 13.4. The number of carbonyl (C=O) groups is 1. The van der Waals surface area contributed by atoms with Crippen molar-refractivity contribution in [3.8, 4) is 0 Å². The van der Waals surface area contributed by atoms with Gasteiger partial charge in [-0.3, -0.25) is 9.79 Å². The van der Waals surface area contributed by atoms with Gasteiger partial charge in [0.2, 0.25) is 5.91 Å². The number of anilines is 1. The highest BCUT2D eigenvalue weighted by Crippen LogP contribution is 2.24. The van der Waals surface area contributed by atoms with Gasteiger partial charge in [-0.15, -0.1) is 0 Å². The smallest absolute Gasteiger partial charge is 0.244 e. The van der Waals surface area contributed by atoms with Gasteiger partial charge in [0.15, 0.2) is 0 Å². The third-order valence-corrected chi connectivity index (χ3v) is 5.02. The topological polar surface area (TPSA) is 131 Å². The Balaban J connectivity index is 1.64. The van der Waals surface area contributed by atoms with Gasteiger partial charge < -0.3 is 22.1 Å². The Morgan fingerprint density at radius 1 is 1.23 bits per heavy atom. The molecule has 2 aromatic carbocycles. The van der Waals surface area contributed by atoms with Crippen LogP contribution in [0.15, 0.2) is 53.5 Å². The Labute approximate surface area is 180 Å². The summed E-state index contributed by atoms with van der Waals surface area (Å²) in [4.78, 5) is 25.2. The number of aliphatic imine (C=N–C) groups is 1. The van der Waals surface area contributed by atoms with E-state index in [-0.39, 0.29) is 12.5 Å². The van der Waals surface area contributed by atoms with Crippen LogP contribution in [-0.2, 0) is 11.3 Å². The first-order chi connectivity index (χ1) is 14.9. The van der Waals surface area contributed by atoms with E-state index < -0.39 is 6.04 Å². The van der Waals surface area contributed by atoms with Crippen LogP contribution in [0, 0.1) is 13.8 Å². The molecule has 1 atom stereocenters. The fourth-order valence-corrected chi connectivity index (χ4v) is 3.42. The first-order valence-electron chi connectivity index (χ1n) is 10.1. The summed E-state index contributed by atoms with van der Waals surface area (Å²) in [5.41, 5.74) is 16.4. The van der Waals surface area contributed by atoms with Crippen LogP contribution in [0.4, 0.5) is 5.82 Å². The van der Waals surface area contributed by atoms with Crippen molar-refractivity contribution < 1.29 is 4.79 Å². The SMILES string of the molecule is Cc1cccc(CNc2nc(C)nc3ccc(C(N)=CC4=NCC(N)C(=O)N4)cc23)c1. The predicted molar refractivity (Wildman–Crippen MR) is 123 cm³/mol. The lowest BCUT2D eigenvalue weighted by molar-refractivity contribution is -0.121. The molecule has 0 bridgehead atoms. The maximum atomic E-state index is 11.8. The molecule has 0 spiro atoms. The molecule has 2 heterocycles. The molecule has 31 heavy (non-hydrogen) atoms. The quantitative estimate of drug-likeness (QED) is 0.504. The van der Waals surface area contributed by atoms with E-state index in [0.717, 1.165) is 22.3 Å². The fourth-order valence-electron chi connectivity index (χ4n) is 3.42. The Kier molecular flexibility index (Phi) is 5.64. The van der Waals surface area contributed by atoms with Crippen LogP contribution in [-0.4, -0.2) is 34.3 Å². The van der Waals surface area contributed by atoms with Crippen LogP contribution in [0.5, 0.6) is 0 Å². The van der Waals surface area contributed by atoms with E-state index in [4.69, 9.17) is 11.5 Å². The second-order valence-corrected chi connectivity index (χ2v) is 7.62. The monoisotopic (exact) mass is 415 g/mol. The molecule has 1 unspecified atom stereocenters. The highest BCUT2D eigenvalue weighted by atomic mass is 16.2. The standard InChI is InChI=1S/C23H25N7O/c1-13-4-3-5-15(8-13)11-27-22-17-9-16(6-7-20(17)28-14(2)29-22)18(24)10-21-26-12-19(25)23(31)30-21/h3-10,19H,11-12,24-25H2,1-2H3,(H,26,30,31)(H,27,28,29). The average molecular weight is 416 g/mol. The van der Waals surface area contributed by atoms with Crippen molar-refractivity contribution in [3.05, 3.63) is 71.1 Å². The van der Waals surface area contributed by atoms with Crippen molar-refractivity contribution in [1.29, 1.82) is 0 Å². The van der Waals surface area contributed by atoms with Gasteiger partial charge in [-0.05, 0) is 37.1 Å². The number of nitrogens with zero attached hydrogens (tertiary/aromatic N) is 3. The van der Waals surface area contributed by atoms with Crippen molar-refractivity contribution in [3.63, 3.8) is 0 Å². The Morgan fingerprint density at radius 2 is 2.06 bits per heavy atom. The maximum Gasteiger partial charge on any atom is 0.244 e. The Morgan fingerprint density at radius 3 is 2.84 bits per heavy atom. The minimum atomic E-state index is -0.624. The summed E-state index contributed by atoms with van der Waals surface area (Å²) in [6.07, 6.45) is 1.64. The molecule has 0 saturated heterocycles. The highest BCUT2D eigenvalue weighted by molar-refractivity contribution is 6.10. The van der Waals surface area contributed by atoms with Crippen molar-refractivity contribution in [2.45, 2.75) is 26.4 Å². The molecule has 1 aliphatic heterocycles. The molecular weight excluding hydrogens is 390 g/mol. The third-order valence-electron chi connectivity index (χ3n) is 5.02. The van der Waals surface area contributed by atoms with Crippen LogP contribution in [0.1, 0.15) is 22.5 Å². The third kappa shape index (κ3) is 4.70. The number of amides is 1. The first-order valence-corrected chi connectivity index (χ1v) is 10.1. The van der Waals surface area contributed by atoms with Crippen molar-refractivity contribution >= 4 is 34.2 Å². The lowest BCUT2D eigenvalue weighted by Gasteiger charge is -2.16. The van der Waals surface area contributed by atoms with Gasteiger partial charge in [0.05, 0.1) is 12.1 Å². The van der Waals surface area contributed by atoms with Gasteiger partial charge in [0, 0.05) is 23.7 Å². The van der Waals surface area contributed by atoms with E-state index in [1.54, 1.807) is 6.08 Å². The lowest BCUT2D eigenvalue weighted by Crippen LogP contribution is -2.48. The molecule has 3 aromatic rings. The number of aromatic nitrogens is 2. The van der Waals surface area contributed by atoms with E-state index in [1.807, 2.05) is 31.2 Å². The molecule has 8 nitrogen and oxygen atoms in total. The van der Waals surface area contributed by atoms with Crippen LogP contribution < -0.4 is 22.1 Å². The molecule has 0 aliphatic carbocycles. The number of fused-ring (bicyclic) bond motifs is 1. The van der Waals surface area contributed by atoms with Gasteiger partial charge in [-0.25, -0.2) is 9.97 Å². The minimum Gasteiger partial charge on any atom is -0.398 e. The van der Waals surface area contributed by atoms with E-state index >= 15 is 0 Å². The van der Waals surface area contributed by atoms with Gasteiger partial charge in [0.25, 0.3) is 0 Å². The molecule has 158 valence electrons. The molecule has 1 amide bonds. The van der Waals surface area contributed by atoms with Crippen molar-refractivity contribution in [2.75, 3.05) is 11.9 Å². The first kappa shape index (κ1) is 20.5. The number of aryl methyl sites for hydroxylation is 2.